The number of likely N-dealkylation sites (N-methyl/N-ethyl adjacent to an activating group) is 1. The number of hydrogen-bond acceptors (Lipinski definition) is 4. The average molecular weight is 414 g/mol. The summed E-state index contributed by atoms with van der Waals surface area (Å²) >= 11 is 0. The van der Waals surface area contributed by atoms with E-state index < -0.39 is 0 Å². The molecule has 2 amide bonds. The zero-order chi connectivity index (χ0) is 21.6. The van der Waals surface area contributed by atoms with Crippen LogP contribution in [0.15, 0.2) is 89.5 Å². The number of hydrogen-bond donors (Lipinski definition) is 1. The number of nitrogens with zero attached hydrogens (tertiary/aromatic N) is 3. The van der Waals surface area contributed by atoms with Crippen molar-refractivity contribution < 1.29 is 14.0 Å². The SMILES string of the molecule is CCN(CC(=O)Nc1cc(-c2ccccc2)nn1-c1ccccc1)C(=O)c1ccco1. The molecule has 1 N–H and O–H groups in total. The second-order valence-corrected chi connectivity index (χ2v) is 6.87. The molecule has 4 aromatic rings. The molecule has 4 rings (SSSR count). The van der Waals surface area contributed by atoms with Crippen LogP contribution >= 0.6 is 0 Å². The highest BCUT2D eigenvalue weighted by molar-refractivity contribution is 5.98. The lowest BCUT2D eigenvalue weighted by Gasteiger charge is -2.19. The van der Waals surface area contributed by atoms with Crippen molar-refractivity contribution in [2.75, 3.05) is 18.4 Å². The molecule has 0 radical (unpaired) electrons. The molecule has 7 heteroatoms. The largest absolute Gasteiger partial charge is 0.459 e. The van der Waals surface area contributed by atoms with E-state index in [1.54, 1.807) is 16.8 Å². The molecule has 2 heterocycles. The fourth-order valence-corrected chi connectivity index (χ4v) is 3.23. The predicted molar refractivity (Wildman–Crippen MR) is 118 cm³/mol. The second kappa shape index (κ2) is 9.13. The minimum atomic E-state index is -0.329. The van der Waals surface area contributed by atoms with E-state index in [4.69, 9.17) is 4.42 Å². The third-order valence-electron chi connectivity index (χ3n) is 4.78. The first kappa shape index (κ1) is 20.2. The first-order valence-corrected chi connectivity index (χ1v) is 9.99. The van der Waals surface area contributed by atoms with Crippen molar-refractivity contribution in [3.8, 4) is 16.9 Å². The molecule has 0 fully saturated rings. The van der Waals surface area contributed by atoms with Gasteiger partial charge in [-0.15, -0.1) is 0 Å². The molecule has 7 nitrogen and oxygen atoms in total. The van der Waals surface area contributed by atoms with E-state index in [1.165, 1.54) is 11.2 Å². The van der Waals surface area contributed by atoms with E-state index >= 15 is 0 Å². The monoisotopic (exact) mass is 414 g/mol. The Bertz CT molecular complexity index is 1150. The highest BCUT2D eigenvalue weighted by atomic mass is 16.3. The lowest BCUT2D eigenvalue weighted by molar-refractivity contribution is -0.116. The normalized spacial score (nSPS) is 10.6. The van der Waals surface area contributed by atoms with Crippen LogP contribution in [0.2, 0.25) is 0 Å². The van der Waals surface area contributed by atoms with Gasteiger partial charge in [0, 0.05) is 18.2 Å². The molecular weight excluding hydrogens is 392 g/mol. The number of carbonyl (C=O) groups is 2. The minimum Gasteiger partial charge on any atom is -0.459 e. The molecule has 0 aliphatic heterocycles. The van der Waals surface area contributed by atoms with E-state index in [9.17, 15) is 9.59 Å². The highest BCUT2D eigenvalue weighted by Crippen LogP contribution is 2.24. The summed E-state index contributed by atoms with van der Waals surface area (Å²) in [6.45, 7) is 2.09. The molecule has 0 aliphatic rings. The van der Waals surface area contributed by atoms with Crippen molar-refractivity contribution >= 4 is 17.6 Å². The lowest BCUT2D eigenvalue weighted by atomic mass is 10.1. The summed E-state index contributed by atoms with van der Waals surface area (Å²) in [5.41, 5.74) is 2.49. The number of rotatable bonds is 7. The van der Waals surface area contributed by atoms with Gasteiger partial charge in [-0.1, -0.05) is 48.5 Å². The highest BCUT2D eigenvalue weighted by Gasteiger charge is 2.21. The van der Waals surface area contributed by atoms with Crippen LogP contribution in [0, 0.1) is 0 Å². The second-order valence-electron chi connectivity index (χ2n) is 6.87. The standard InChI is InChI=1S/C24H22N4O3/c1-2-27(24(30)21-14-9-15-31-21)17-23(29)25-22-16-20(18-10-5-3-6-11-18)26-28(22)19-12-7-4-8-13-19/h3-16H,2,17H2,1H3,(H,25,29). The van der Waals surface area contributed by atoms with Crippen molar-refractivity contribution in [3.63, 3.8) is 0 Å². The number of amides is 2. The number of aromatic nitrogens is 2. The number of furan rings is 1. The van der Waals surface area contributed by atoms with Crippen molar-refractivity contribution in [2.24, 2.45) is 0 Å². The predicted octanol–water partition coefficient (Wildman–Crippen LogP) is 4.23. The van der Waals surface area contributed by atoms with Gasteiger partial charge < -0.3 is 14.6 Å². The van der Waals surface area contributed by atoms with Gasteiger partial charge in [-0.05, 0) is 31.2 Å². The van der Waals surface area contributed by atoms with E-state index in [2.05, 4.69) is 10.4 Å². The van der Waals surface area contributed by atoms with Crippen LogP contribution in [-0.4, -0.2) is 39.6 Å². The summed E-state index contributed by atoms with van der Waals surface area (Å²) in [5.74, 6) is 0.0783. The molecular formula is C24H22N4O3. The Kier molecular flexibility index (Phi) is 5.93. The van der Waals surface area contributed by atoms with Gasteiger partial charge in [-0.3, -0.25) is 9.59 Å². The number of benzene rings is 2. The Labute approximate surface area is 179 Å². The molecule has 0 saturated heterocycles. The maximum Gasteiger partial charge on any atom is 0.290 e. The van der Waals surface area contributed by atoms with Gasteiger partial charge in [0.15, 0.2) is 5.76 Å². The summed E-state index contributed by atoms with van der Waals surface area (Å²) in [6.07, 6.45) is 1.44. The number of nitrogens with one attached hydrogen (secondary N) is 1. The van der Waals surface area contributed by atoms with Gasteiger partial charge >= 0.3 is 0 Å². The topological polar surface area (TPSA) is 80.4 Å². The average Bonchev–Trinajstić information content (AvgIpc) is 3.49. The van der Waals surface area contributed by atoms with E-state index in [1.807, 2.05) is 73.7 Å². The van der Waals surface area contributed by atoms with Gasteiger partial charge in [-0.25, -0.2) is 4.68 Å². The van der Waals surface area contributed by atoms with Crippen LogP contribution in [0.25, 0.3) is 16.9 Å². The molecule has 0 saturated carbocycles. The summed E-state index contributed by atoms with van der Waals surface area (Å²) in [7, 11) is 0. The number of carbonyl (C=O) groups excluding carboxylic acids is 2. The van der Waals surface area contributed by atoms with Gasteiger partial charge in [0.25, 0.3) is 5.91 Å². The van der Waals surface area contributed by atoms with Crippen molar-refractivity contribution in [2.45, 2.75) is 6.92 Å². The fourth-order valence-electron chi connectivity index (χ4n) is 3.23. The molecule has 2 aromatic heterocycles. The Hall–Kier alpha value is -4.13. The van der Waals surface area contributed by atoms with Crippen LogP contribution in [0.4, 0.5) is 5.82 Å². The van der Waals surface area contributed by atoms with Crippen LogP contribution in [0.5, 0.6) is 0 Å². The number of para-hydroxylation sites is 1. The van der Waals surface area contributed by atoms with Gasteiger partial charge in [-0.2, -0.15) is 5.10 Å². The van der Waals surface area contributed by atoms with Crippen molar-refractivity contribution in [1.82, 2.24) is 14.7 Å². The first-order valence-electron chi connectivity index (χ1n) is 9.99. The van der Waals surface area contributed by atoms with Crippen LogP contribution in [0.3, 0.4) is 0 Å². The Morgan fingerprint density at radius 2 is 1.71 bits per heavy atom. The maximum atomic E-state index is 12.8. The van der Waals surface area contributed by atoms with E-state index in [0.717, 1.165) is 16.9 Å². The van der Waals surface area contributed by atoms with E-state index in [0.29, 0.717) is 12.4 Å². The Morgan fingerprint density at radius 1 is 1.00 bits per heavy atom. The molecule has 0 atom stereocenters. The molecule has 156 valence electrons. The van der Waals surface area contributed by atoms with Crippen LogP contribution in [-0.2, 0) is 4.79 Å². The van der Waals surface area contributed by atoms with Crippen LogP contribution in [0.1, 0.15) is 17.5 Å². The Balaban J connectivity index is 1.58. The Morgan fingerprint density at radius 3 is 2.35 bits per heavy atom. The van der Waals surface area contributed by atoms with E-state index in [-0.39, 0.29) is 24.1 Å². The molecule has 2 aromatic carbocycles. The lowest BCUT2D eigenvalue weighted by Crippen LogP contribution is -2.38. The molecule has 0 spiro atoms. The smallest absolute Gasteiger partial charge is 0.290 e. The van der Waals surface area contributed by atoms with Crippen molar-refractivity contribution in [3.05, 3.63) is 90.9 Å². The maximum absolute atomic E-state index is 12.8. The number of anilines is 1. The van der Waals surface area contributed by atoms with Gasteiger partial charge in [0.05, 0.1) is 17.6 Å². The van der Waals surface area contributed by atoms with Gasteiger partial charge in [0.1, 0.15) is 12.4 Å². The van der Waals surface area contributed by atoms with Crippen molar-refractivity contribution in [1.29, 1.82) is 0 Å². The zero-order valence-electron chi connectivity index (χ0n) is 17.1. The quantitative estimate of drug-likeness (QED) is 0.491. The summed E-state index contributed by atoms with van der Waals surface area (Å²) in [6, 6.07) is 24.4. The molecule has 0 aliphatic carbocycles. The fraction of sp³-hybridized carbons (Fsp3) is 0.125. The third kappa shape index (κ3) is 4.56. The summed E-state index contributed by atoms with van der Waals surface area (Å²) in [4.78, 5) is 26.8. The summed E-state index contributed by atoms with van der Waals surface area (Å²) in [5, 5.41) is 7.59. The molecule has 31 heavy (non-hydrogen) atoms. The van der Waals surface area contributed by atoms with Crippen LogP contribution < -0.4 is 5.32 Å². The summed E-state index contributed by atoms with van der Waals surface area (Å²) < 4.78 is 6.86. The third-order valence-corrected chi connectivity index (χ3v) is 4.78. The molecule has 0 bridgehead atoms. The first-order chi connectivity index (χ1) is 15.2. The minimum absolute atomic E-state index is 0.101. The molecule has 0 unspecified atom stereocenters. The zero-order valence-corrected chi connectivity index (χ0v) is 17.1. The van der Waals surface area contributed by atoms with Gasteiger partial charge in [0.2, 0.25) is 5.91 Å².